The smallest absolute Gasteiger partial charge is 0.123 e. The molecule has 0 bridgehead atoms. The molecule has 0 aliphatic heterocycles. The van der Waals surface area contributed by atoms with Crippen LogP contribution >= 0.6 is 0 Å². The van der Waals surface area contributed by atoms with Crippen LogP contribution in [0.15, 0.2) is 36.7 Å². The molecular weight excluding hydrogens is 167 g/mol. The van der Waals surface area contributed by atoms with Crippen LogP contribution in [0.4, 0.5) is 4.39 Å². The second-order valence-electron chi connectivity index (χ2n) is 2.54. The minimum atomic E-state index is -0.253. The molecule has 0 fully saturated rings. The molecule has 1 aromatic carbocycles. The van der Waals surface area contributed by atoms with Crippen molar-refractivity contribution in [1.29, 1.82) is 0 Å². The molecule has 0 aliphatic rings. The zero-order chi connectivity index (χ0) is 9.10. The summed E-state index contributed by atoms with van der Waals surface area (Å²) in [4.78, 5) is 7.84. The fraction of sp³-hybridized carbons (Fsp3) is 0. The Hall–Kier alpha value is -1.77. The second-order valence-corrected chi connectivity index (χ2v) is 2.54. The summed E-state index contributed by atoms with van der Waals surface area (Å²) in [6, 6.07) is 6.11. The highest BCUT2D eigenvalue weighted by Gasteiger charge is 1.97. The van der Waals surface area contributed by atoms with Gasteiger partial charge in [-0.1, -0.05) is 0 Å². The molecule has 2 rings (SSSR count). The molecule has 0 atom stereocenters. The quantitative estimate of drug-likeness (QED) is 0.659. The van der Waals surface area contributed by atoms with Crippen LogP contribution in [0.5, 0.6) is 0 Å². The summed E-state index contributed by atoms with van der Waals surface area (Å²) in [5, 5.41) is 0. The zero-order valence-electron chi connectivity index (χ0n) is 6.74. The van der Waals surface area contributed by atoms with Crippen molar-refractivity contribution in [3.63, 3.8) is 0 Å². The van der Waals surface area contributed by atoms with Gasteiger partial charge in [0.1, 0.15) is 12.0 Å². The number of halogens is 1. The van der Waals surface area contributed by atoms with E-state index in [0.29, 0.717) is 5.69 Å². The predicted octanol–water partition coefficient (Wildman–Crippen LogP) is 2.08. The molecule has 0 aliphatic carbocycles. The molecule has 0 saturated carbocycles. The molecule has 13 heavy (non-hydrogen) atoms. The third-order valence-corrected chi connectivity index (χ3v) is 1.65. The minimum absolute atomic E-state index is 0.253. The Kier molecular flexibility index (Phi) is 2.00. The highest BCUT2D eigenvalue weighted by molar-refractivity contribution is 5.57. The highest BCUT2D eigenvalue weighted by atomic mass is 19.1. The van der Waals surface area contributed by atoms with Gasteiger partial charge in [0.15, 0.2) is 0 Å². The Bertz CT molecular complexity index is 383. The van der Waals surface area contributed by atoms with Crippen LogP contribution in [0.3, 0.4) is 0 Å². The molecule has 1 aromatic heterocycles. The molecule has 0 spiro atoms. The van der Waals surface area contributed by atoms with E-state index in [2.05, 4.69) is 16.2 Å². The van der Waals surface area contributed by atoms with Gasteiger partial charge in [-0.15, -0.1) is 0 Å². The van der Waals surface area contributed by atoms with Gasteiger partial charge in [0.25, 0.3) is 0 Å². The first-order valence-electron chi connectivity index (χ1n) is 3.80. The standard InChI is InChI=1S/C10H6FN2/c11-9-3-1-8(2-4-9)10-7-12-5-6-13-10/h1-5,7H. The van der Waals surface area contributed by atoms with E-state index in [4.69, 9.17) is 0 Å². The third kappa shape index (κ3) is 1.69. The van der Waals surface area contributed by atoms with Crippen molar-refractivity contribution in [2.45, 2.75) is 0 Å². The van der Waals surface area contributed by atoms with E-state index >= 15 is 0 Å². The normalized spacial score (nSPS) is 9.92. The van der Waals surface area contributed by atoms with Crippen molar-refractivity contribution in [3.05, 3.63) is 48.7 Å². The van der Waals surface area contributed by atoms with Crippen molar-refractivity contribution in [2.24, 2.45) is 0 Å². The Labute approximate surface area is 75.1 Å². The summed E-state index contributed by atoms with van der Waals surface area (Å²) < 4.78 is 12.6. The van der Waals surface area contributed by atoms with Crippen molar-refractivity contribution in [3.8, 4) is 11.3 Å². The van der Waals surface area contributed by atoms with Gasteiger partial charge >= 0.3 is 0 Å². The summed E-state index contributed by atoms with van der Waals surface area (Å²) in [5.74, 6) is -0.253. The maximum atomic E-state index is 12.6. The predicted molar refractivity (Wildman–Crippen MR) is 46.3 cm³/mol. The van der Waals surface area contributed by atoms with Crippen LogP contribution in [-0.2, 0) is 0 Å². The monoisotopic (exact) mass is 173 g/mol. The van der Waals surface area contributed by atoms with Gasteiger partial charge in [-0.3, -0.25) is 4.98 Å². The van der Waals surface area contributed by atoms with E-state index in [-0.39, 0.29) is 5.82 Å². The van der Waals surface area contributed by atoms with E-state index in [1.54, 1.807) is 18.3 Å². The van der Waals surface area contributed by atoms with E-state index in [9.17, 15) is 4.39 Å². The van der Waals surface area contributed by atoms with Gasteiger partial charge < -0.3 is 0 Å². The number of nitrogens with zero attached hydrogens (tertiary/aromatic N) is 2. The van der Waals surface area contributed by atoms with Gasteiger partial charge in [-0.25, -0.2) is 9.37 Å². The summed E-state index contributed by atoms with van der Waals surface area (Å²) in [6.07, 6.45) is 5.71. The number of benzene rings is 1. The fourth-order valence-corrected chi connectivity index (χ4v) is 1.03. The maximum Gasteiger partial charge on any atom is 0.123 e. The molecule has 2 nitrogen and oxygen atoms in total. The zero-order valence-corrected chi connectivity index (χ0v) is 6.74. The number of hydrogen-bond acceptors (Lipinski definition) is 2. The average molecular weight is 173 g/mol. The minimum Gasteiger partial charge on any atom is -0.260 e. The number of rotatable bonds is 1. The van der Waals surface area contributed by atoms with E-state index in [1.165, 1.54) is 18.3 Å². The first-order valence-corrected chi connectivity index (χ1v) is 3.80. The summed E-state index contributed by atoms with van der Waals surface area (Å²) in [6.45, 7) is 0. The molecule has 63 valence electrons. The summed E-state index contributed by atoms with van der Waals surface area (Å²) >= 11 is 0. The van der Waals surface area contributed by atoms with E-state index in [1.807, 2.05) is 0 Å². The van der Waals surface area contributed by atoms with E-state index in [0.717, 1.165) is 5.56 Å². The third-order valence-electron chi connectivity index (χ3n) is 1.65. The van der Waals surface area contributed by atoms with Crippen LogP contribution in [0.1, 0.15) is 0 Å². The second kappa shape index (κ2) is 3.31. The number of hydrogen-bond donors (Lipinski definition) is 0. The van der Waals surface area contributed by atoms with Gasteiger partial charge in [-0.2, -0.15) is 0 Å². The Morgan fingerprint density at radius 1 is 1.15 bits per heavy atom. The molecule has 2 aromatic rings. The Morgan fingerprint density at radius 2 is 1.92 bits per heavy atom. The average Bonchev–Trinajstić information content (AvgIpc) is 2.20. The van der Waals surface area contributed by atoms with Crippen molar-refractivity contribution >= 4 is 0 Å². The Balaban J connectivity index is 2.42. The molecule has 0 N–H and O–H groups in total. The van der Waals surface area contributed by atoms with Crippen LogP contribution < -0.4 is 0 Å². The molecular formula is C10H6FN2. The van der Waals surface area contributed by atoms with Crippen molar-refractivity contribution < 1.29 is 4.39 Å². The maximum absolute atomic E-state index is 12.6. The van der Waals surface area contributed by atoms with E-state index < -0.39 is 0 Å². The lowest BCUT2D eigenvalue weighted by Crippen LogP contribution is -1.84. The SMILES string of the molecule is Fc1ccc(-c2cnc[c]n2)cc1. The molecule has 0 saturated heterocycles. The lowest BCUT2D eigenvalue weighted by molar-refractivity contribution is 0.628. The summed E-state index contributed by atoms with van der Waals surface area (Å²) in [5.41, 5.74) is 1.54. The van der Waals surface area contributed by atoms with Crippen LogP contribution in [-0.4, -0.2) is 9.97 Å². The molecule has 0 unspecified atom stereocenters. The van der Waals surface area contributed by atoms with Crippen molar-refractivity contribution in [2.75, 3.05) is 0 Å². The first-order chi connectivity index (χ1) is 6.36. The largest absolute Gasteiger partial charge is 0.260 e. The lowest BCUT2D eigenvalue weighted by Gasteiger charge is -1.97. The summed E-state index contributed by atoms with van der Waals surface area (Å²) in [7, 11) is 0. The lowest BCUT2D eigenvalue weighted by atomic mass is 10.2. The number of aromatic nitrogens is 2. The van der Waals surface area contributed by atoms with Gasteiger partial charge in [0.2, 0.25) is 0 Å². The fourth-order valence-electron chi connectivity index (χ4n) is 1.03. The van der Waals surface area contributed by atoms with Crippen LogP contribution in [0, 0.1) is 12.0 Å². The molecule has 3 heteroatoms. The Morgan fingerprint density at radius 3 is 2.54 bits per heavy atom. The molecule has 0 amide bonds. The molecule has 1 heterocycles. The topological polar surface area (TPSA) is 25.8 Å². The van der Waals surface area contributed by atoms with Crippen LogP contribution in [0.25, 0.3) is 11.3 Å². The van der Waals surface area contributed by atoms with Crippen LogP contribution in [0.2, 0.25) is 0 Å². The van der Waals surface area contributed by atoms with Gasteiger partial charge in [0, 0.05) is 5.56 Å². The van der Waals surface area contributed by atoms with Crippen molar-refractivity contribution in [1.82, 2.24) is 9.97 Å². The molecule has 1 radical (unpaired) electrons. The van der Waals surface area contributed by atoms with Gasteiger partial charge in [0.05, 0.1) is 18.1 Å². The highest BCUT2D eigenvalue weighted by Crippen LogP contribution is 2.14. The first kappa shape index (κ1) is 7.86. The van der Waals surface area contributed by atoms with Gasteiger partial charge in [-0.05, 0) is 24.3 Å².